The monoisotopic (exact) mass is 914 g/mol. The number of likely N-dealkylation sites (N-methyl/N-ethyl adjacent to an activating group) is 2. The first-order valence-corrected chi connectivity index (χ1v) is 22.6. The summed E-state index contributed by atoms with van der Waals surface area (Å²) in [7, 11) is 3.59. The first kappa shape index (κ1) is 52.7. The number of esters is 1. The van der Waals surface area contributed by atoms with Crippen molar-refractivity contribution in [1.82, 2.24) is 36.1 Å². The summed E-state index contributed by atoms with van der Waals surface area (Å²) in [6.45, 7) is 11.8. The molecule has 0 saturated carbocycles. The number of thiazole rings is 1. The van der Waals surface area contributed by atoms with E-state index in [2.05, 4.69) is 31.6 Å². The van der Waals surface area contributed by atoms with Crippen molar-refractivity contribution < 1.29 is 53.3 Å². The molecule has 20 heteroatoms. The normalized spacial score (nSPS) is 16.8. The van der Waals surface area contributed by atoms with Crippen molar-refractivity contribution >= 4 is 64.4 Å². The number of carbonyl (C=O) groups is 8. The van der Waals surface area contributed by atoms with Crippen LogP contribution in [0.1, 0.15) is 114 Å². The van der Waals surface area contributed by atoms with E-state index in [1.807, 2.05) is 39.6 Å². The molecular formula is C44H66N8O11S. The van der Waals surface area contributed by atoms with E-state index in [0.717, 1.165) is 30.7 Å². The lowest BCUT2D eigenvalue weighted by atomic mass is 9.92. The molecule has 3 rings (SSSR count). The average Bonchev–Trinajstić information content (AvgIpc) is 3.73. The van der Waals surface area contributed by atoms with Gasteiger partial charge in [-0.25, -0.2) is 4.98 Å². The molecule has 2 heterocycles. The molecule has 2 aromatic rings. The summed E-state index contributed by atoms with van der Waals surface area (Å²) < 4.78 is 5.77. The molecule has 0 aliphatic carbocycles. The molecule has 1 aromatic heterocycles. The van der Waals surface area contributed by atoms with E-state index in [0.29, 0.717) is 23.4 Å². The van der Waals surface area contributed by atoms with Gasteiger partial charge in [0.15, 0.2) is 6.10 Å². The van der Waals surface area contributed by atoms with Crippen molar-refractivity contribution in [3.63, 3.8) is 0 Å². The molecule has 64 heavy (non-hydrogen) atoms. The number of likely N-dealkylation sites (tertiary alicyclic amines) is 1. The molecule has 6 amide bonds. The quantitative estimate of drug-likeness (QED) is 0.0626. The largest absolute Gasteiger partial charge is 0.506 e. The second-order valence-electron chi connectivity index (χ2n) is 17.0. The van der Waals surface area contributed by atoms with Crippen LogP contribution in [0.4, 0.5) is 5.69 Å². The molecule has 0 unspecified atom stereocenters. The number of phenols is 1. The van der Waals surface area contributed by atoms with Crippen molar-refractivity contribution in [2.75, 3.05) is 39.0 Å². The minimum atomic E-state index is -1.09. The van der Waals surface area contributed by atoms with Gasteiger partial charge in [-0.1, -0.05) is 53.5 Å². The predicted molar refractivity (Wildman–Crippen MR) is 239 cm³/mol. The molecule has 1 saturated heterocycles. The lowest BCUT2D eigenvalue weighted by Crippen LogP contribution is -2.58. The van der Waals surface area contributed by atoms with Gasteiger partial charge in [0.1, 0.15) is 22.5 Å². The van der Waals surface area contributed by atoms with E-state index < -0.39 is 72.3 Å². The van der Waals surface area contributed by atoms with E-state index in [1.54, 1.807) is 18.0 Å². The number of amides is 6. The van der Waals surface area contributed by atoms with E-state index in [-0.39, 0.29) is 72.6 Å². The number of aromatic nitrogens is 1. The number of hydrogen-bond donors (Lipinski definition) is 7. The third-order valence-electron chi connectivity index (χ3n) is 11.4. The minimum Gasteiger partial charge on any atom is -0.506 e. The number of aromatic hydroxyl groups is 1. The zero-order chi connectivity index (χ0) is 47.8. The SMILES string of the molecule is CC[C@H](C)[C@H](NC(=O)[C@H]1CCCCN1C)C(=O)N(C)[C@H](C[C@@H](OC(C)=O)c1nc(C(=O)N[C@@H](Cc2ccc(O)c(NC(=O)CNC(=O)CNC(C)=O)c2)C[C@H](C)C(=O)O)cs1)C(C)C. The number of hydrogen-bond acceptors (Lipinski definition) is 13. The lowest BCUT2D eigenvalue weighted by Gasteiger charge is -2.38. The number of anilines is 1. The molecule has 1 fully saturated rings. The molecule has 7 N–H and O–H groups in total. The molecule has 1 aliphatic heterocycles. The van der Waals surface area contributed by atoms with E-state index in [4.69, 9.17) is 4.74 Å². The Morgan fingerprint density at radius 1 is 0.969 bits per heavy atom. The molecular weight excluding hydrogens is 849 g/mol. The highest BCUT2D eigenvalue weighted by molar-refractivity contribution is 7.09. The molecule has 1 aliphatic rings. The Kier molecular flexibility index (Phi) is 20.6. The molecule has 0 bridgehead atoms. The van der Waals surface area contributed by atoms with Crippen LogP contribution >= 0.6 is 11.3 Å². The van der Waals surface area contributed by atoms with Crippen LogP contribution in [-0.4, -0.2) is 130 Å². The Balaban J connectivity index is 1.81. The maximum absolute atomic E-state index is 14.3. The molecule has 19 nitrogen and oxygen atoms in total. The van der Waals surface area contributed by atoms with Crippen LogP contribution in [0.3, 0.4) is 0 Å². The van der Waals surface area contributed by atoms with E-state index in [1.165, 1.54) is 38.3 Å². The summed E-state index contributed by atoms with van der Waals surface area (Å²) in [5.74, 6) is -5.89. The number of nitrogens with one attached hydrogen (secondary N) is 5. The van der Waals surface area contributed by atoms with Gasteiger partial charge >= 0.3 is 11.9 Å². The number of ether oxygens (including phenoxy) is 1. The van der Waals surface area contributed by atoms with Crippen LogP contribution in [0.5, 0.6) is 5.75 Å². The number of carboxylic acid groups (broad SMARTS) is 1. The number of carbonyl (C=O) groups excluding carboxylic acids is 7. The molecule has 7 atom stereocenters. The number of piperidine rings is 1. The first-order chi connectivity index (χ1) is 30.1. The average molecular weight is 915 g/mol. The fourth-order valence-electron chi connectivity index (χ4n) is 7.47. The topological polar surface area (TPSA) is 266 Å². The number of aliphatic carboxylic acids is 1. The standard InChI is InChI=1S/C44H66N8O11S/c1-10-25(4)39(50-41(59)33-13-11-12-16-51(33)8)43(60)52(9)34(24(2)3)20-36(63-28(7)54)42-49-32(23-64-42)40(58)47-30(17-26(5)44(61)62)18-29-14-15-35(55)31(19-29)48-38(57)22-46-37(56)21-45-27(6)53/h14-15,19,23-26,30,33-34,36,39,55H,10-13,16-18,20-22H2,1-9H3,(H,45,53)(H,46,56)(H,47,58)(H,48,57)(H,50,59)(H,61,62)/t25-,26-,30+,33+,34+,36+,39-/m0/s1. The van der Waals surface area contributed by atoms with Crippen LogP contribution in [0, 0.1) is 17.8 Å². The summed E-state index contributed by atoms with van der Waals surface area (Å²) in [6.07, 6.45) is 2.58. The van der Waals surface area contributed by atoms with E-state index >= 15 is 0 Å². The summed E-state index contributed by atoms with van der Waals surface area (Å²) in [5, 5.41) is 35.1. The van der Waals surface area contributed by atoms with Crippen LogP contribution in [0.25, 0.3) is 0 Å². The van der Waals surface area contributed by atoms with Gasteiger partial charge in [-0.2, -0.15) is 0 Å². The lowest BCUT2D eigenvalue weighted by molar-refractivity contribution is -0.149. The van der Waals surface area contributed by atoms with Gasteiger partial charge in [0.05, 0.1) is 30.7 Å². The molecule has 1 aromatic carbocycles. The Morgan fingerprint density at radius 3 is 2.27 bits per heavy atom. The van der Waals surface area contributed by atoms with Gasteiger partial charge in [-0.3, -0.25) is 43.3 Å². The van der Waals surface area contributed by atoms with Crippen LogP contribution < -0.4 is 26.6 Å². The summed E-state index contributed by atoms with van der Waals surface area (Å²) in [4.78, 5) is 110. The van der Waals surface area contributed by atoms with Crippen LogP contribution in [0.2, 0.25) is 0 Å². The van der Waals surface area contributed by atoms with Crippen LogP contribution in [-0.2, 0) is 44.7 Å². The second-order valence-corrected chi connectivity index (χ2v) is 17.9. The van der Waals surface area contributed by atoms with Gasteiger partial charge in [-0.15, -0.1) is 11.3 Å². The zero-order valence-electron chi connectivity index (χ0n) is 38.3. The van der Waals surface area contributed by atoms with Crippen molar-refractivity contribution in [2.45, 2.75) is 124 Å². The Morgan fingerprint density at radius 2 is 1.66 bits per heavy atom. The van der Waals surface area contributed by atoms with E-state index in [9.17, 15) is 48.6 Å². The smallest absolute Gasteiger partial charge is 0.306 e. The minimum absolute atomic E-state index is 0.00290. The third-order valence-corrected chi connectivity index (χ3v) is 12.4. The fraction of sp³-hybridized carbons (Fsp3) is 0.614. The summed E-state index contributed by atoms with van der Waals surface area (Å²) in [6, 6.07) is 1.99. The van der Waals surface area contributed by atoms with Gasteiger partial charge in [0.2, 0.25) is 29.5 Å². The number of nitrogens with zero attached hydrogens (tertiary/aromatic N) is 3. The van der Waals surface area contributed by atoms with Crippen molar-refractivity contribution in [3.05, 3.63) is 39.8 Å². The summed E-state index contributed by atoms with van der Waals surface area (Å²) in [5.41, 5.74) is 0.520. The number of phenolic OH excluding ortho intramolecular Hbond substituents is 1. The number of rotatable bonds is 23. The molecule has 0 radical (unpaired) electrons. The van der Waals surface area contributed by atoms with Crippen molar-refractivity contribution in [1.29, 1.82) is 0 Å². The fourth-order valence-corrected chi connectivity index (χ4v) is 8.31. The molecule has 354 valence electrons. The summed E-state index contributed by atoms with van der Waals surface area (Å²) >= 11 is 1.09. The highest BCUT2D eigenvalue weighted by Crippen LogP contribution is 2.32. The Hall–Kier alpha value is -5.63. The van der Waals surface area contributed by atoms with Crippen molar-refractivity contribution in [3.8, 4) is 5.75 Å². The van der Waals surface area contributed by atoms with Crippen LogP contribution in [0.15, 0.2) is 23.6 Å². The maximum Gasteiger partial charge on any atom is 0.306 e. The number of benzene rings is 1. The van der Waals surface area contributed by atoms with Gasteiger partial charge in [0, 0.05) is 44.8 Å². The predicted octanol–water partition coefficient (Wildman–Crippen LogP) is 2.98. The highest BCUT2D eigenvalue weighted by Gasteiger charge is 2.37. The Bertz CT molecular complexity index is 1980. The molecule has 0 spiro atoms. The second kappa shape index (κ2) is 25.0. The number of carboxylic acids is 1. The van der Waals surface area contributed by atoms with Gasteiger partial charge in [0.25, 0.3) is 5.91 Å². The maximum atomic E-state index is 14.3. The van der Waals surface area contributed by atoms with Crippen molar-refractivity contribution in [2.24, 2.45) is 17.8 Å². The first-order valence-electron chi connectivity index (χ1n) is 21.7. The third kappa shape index (κ3) is 16.2. The highest BCUT2D eigenvalue weighted by atomic mass is 32.1. The van der Waals surface area contributed by atoms with Gasteiger partial charge < -0.3 is 46.4 Å². The zero-order valence-corrected chi connectivity index (χ0v) is 39.1. The van der Waals surface area contributed by atoms with Gasteiger partial charge in [-0.05, 0) is 68.8 Å². The Labute approximate surface area is 378 Å².